The van der Waals surface area contributed by atoms with Crippen molar-refractivity contribution in [3.8, 4) is 5.75 Å². The van der Waals surface area contributed by atoms with E-state index in [0.29, 0.717) is 12.4 Å². The summed E-state index contributed by atoms with van der Waals surface area (Å²) < 4.78 is 33.4. The fourth-order valence-corrected chi connectivity index (χ4v) is 3.17. The molecule has 1 fully saturated rings. The normalized spacial score (nSPS) is 19.6. The molecule has 1 saturated heterocycles. The molecular formula is C11H13Cl2NO4S. The van der Waals surface area contributed by atoms with E-state index in [1.54, 1.807) is 0 Å². The molecule has 0 bridgehead atoms. The minimum absolute atomic E-state index is 0.0192. The van der Waals surface area contributed by atoms with Crippen molar-refractivity contribution in [1.29, 1.82) is 0 Å². The van der Waals surface area contributed by atoms with Gasteiger partial charge in [-0.3, -0.25) is 0 Å². The Bertz CT molecular complexity index is 570. The minimum atomic E-state index is -3.90. The molecule has 5 nitrogen and oxygen atoms in total. The van der Waals surface area contributed by atoms with Gasteiger partial charge in [0, 0.05) is 12.7 Å². The Morgan fingerprint density at radius 3 is 2.68 bits per heavy atom. The maximum atomic E-state index is 11.3. The van der Waals surface area contributed by atoms with E-state index in [1.807, 2.05) is 0 Å². The molecule has 0 aromatic heterocycles. The molecule has 1 aliphatic heterocycles. The Hall–Kier alpha value is -0.530. The van der Waals surface area contributed by atoms with Crippen LogP contribution >= 0.6 is 23.2 Å². The molecule has 2 N–H and O–H groups in total. The Morgan fingerprint density at radius 2 is 2.11 bits per heavy atom. The average molecular weight is 326 g/mol. The summed E-state index contributed by atoms with van der Waals surface area (Å²) in [5, 5.41) is 5.14. The first-order chi connectivity index (χ1) is 8.88. The number of ether oxygens (including phenoxy) is 2. The van der Waals surface area contributed by atoms with Crippen LogP contribution in [-0.4, -0.2) is 27.7 Å². The standard InChI is InChI=1S/C11H13Cl2NO4S/c12-8-5-11(19(14,15)16)9(13)4-10(8)18-6-7-2-1-3-17-7/h4-5,7H,1-3,6H2,(H2,14,15,16). The van der Waals surface area contributed by atoms with Crippen LogP contribution in [0.3, 0.4) is 0 Å². The van der Waals surface area contributed by atoms with Gasteiger partial charge in [-0.05, 0) is 18.9 Å². The zero-order valence-electron chi connectivity index (χ0n) is 9.93. The van der Waals surface area contributed by atoms with Crippen LogP contribution in [0.1, 0.15) is 12.8 Å². The monoisotopic (exact) mass is 325 g/mol. The Balaban J connectivity index is 2.16. The van der Waals surface area contributed by atoms with E-state index in [4.69, 9.17) is 37.8 Å². The van der Waals surface area contributed by atoms with Crippen LogP contribution in [0.25, 0.3) is 0 Å². The zero-order chi connectivity index (χ0) is 14.0. The zero-order valence-corrected chi connectivity index (χ0v) is 12.3. The molecule has 106 valence electrons. The lowest BCUT2D eigenvalue weighted by Gasteiger charge is -2.13. The van der Waals surface area contributed by atoms with Gasteiger partial charge in [0.1, 0.15) is 17.3 Å². The summed E-state index contributed by atoms with van der Waals surface area (Å²) in [4.78, 5) is -0.219. The summed E-state index contributed by atoms with van der Waals surface area (Å²) in [5.41, 5.74) is 0. The smallest absolute Gasteiger partial charge is 0.239 e. The average Bonchev–Trinajstić information content (AvgIpc) is 2.81. The van der Waals surface area contributed by atoms with Crippen molar-refractivity contribution in [2.24, 2.45) is 5.14 Å². The molecule has 1 aliphatic rings. The lowest BCUT2D eigenvalue weighted by molar-refractivity contribution is 0.0680. The van der Waals surface area contributed by atoms with Gasteiger partial charge < -0.3 is 9.47 Å². The molecular weight excluding hydrogens is 313 g/mol. The highest BCUT2D eigenvalue weighted by Gasteiger charge is 2.19. The van der Waals surface area contributed by atoms with Crippen LogP contribution in [0.15, 0.2) is 17.0 Å². The van der Waals surface area contributed by atoms with E-state index in [1.165, 1.54) is 12.1 Å². The van der Waals surface area contributed by atoms with Gasteiger partial charge in [0.2, 0.25) is 10.0 Å². The topological polar surface area (TPSA) is 78.6 Å². The highest BCUT2D eigenvalue weighted by Crippen LogP contribution is 2.33. The van der Waals surface area contributed by atoms with Gasteiger partial charge in [-0.15, -0.1) is 0 Å². The van der Waals surface area contributed by atoms with Gasteiger partial charge in [-0.2, -0.15) is 0 Å². The largest absolute Gasteiger partial charge is 0.489 e. The van der Waals surface area contributed by atoms with Crippen LogP contribution in [0.5, 0.6) is 5.75 Å². The molecule has 1 aromatic rings. The number of primary sulfonamides is 1. The maximum absolute atomic E-state index is 11.3. The number of sulfonamides is 1. The van der Waals surface area contributed by atoms with E-state index in [2.05, 4.69) is 0 Å². The SMILES string of the molecule is NS(=O)(=O)c1cc(Cl)c(OCC2CCCO2)cc1Cl. The summed E-state index contributed by atoms with van der Waals surface area (Å²) in [6.45, 7) is 1.08. The van der Waals surface area contributed by atoms with Crippen molar-refractivity contribution in [2.75, 3.05) is 13.2 Å². The number of halogens is 2. The quantitative estimate of drug-likeness (QED) is 0.920. The van der Waals surface area contributed by atoms with Crippen molar-refractivity contribution in [3.63, 3.8) is 0 Å². The molecule has 1 atom stereocenters. The lowest BCUT2D eigenvalue weighted by atomic mass is 10.2. The summed E-state index contributed by atoms with van der Waals surface area (Å²) in [6, 6.07) is 2.53. The van der Waals surface area contributed by atoms with Crippen LogP contribution < -0.4 is 9.88 Å². The van der Waals surface area contributed by atoms with Crippen molar-refractivity contribution in [1.82, 2.24) is 0 Å². The summed E-state index contributed by atoms with van der Waals surface area (Å²) >= 11 is 11.8. The van der Waals surface area contributed by atoms with Crippen molar-refractivity contribution < 1.29 is 17.9 Å². The molecule has 0 amide bonds. The molecule has 0 spiro atoms. The molecule has 1 heterocycles. The number of hydrogen-bond donors (Lipinski definition) is 1. The Morgan fingerprint density at radius 1 is 1.37 bits per heavy atom. The van der Waals surface area contributed by atoms with E-state index >= 15 is 0 Å². The second kappa shape index (κ2) is 5.85. The number of nitrogens with two attached hydrogens (primary N) is 1. The minimum Gasteiger partial charge on any atom is -0.489 e. The van der Waals surface area contributed by atoms with Crippen LogP contribution in [0, 0.1) is 0 Å². The van der Waals surface area contributed by atoms with Crippen molar-refractivity contribution in [3.05, 3.63) is 22.2 Å². The van der Waals surface area contributed by atoms with Gasteiger partial charge in [0.05, 0.1) is 16.1 Å². The van der Waals surface area contributed by atoms with E-state index in [-0.39, 0.29) is 21.0 Å². The van der Waals surface area contributed by atoms with Gasteiger partial charge in [0.15, 0.2) is 0 Å². The number of hydrogen-bond acceptors (Lipinski definition) is 4. The van der Waals surface area contributed by atoms with Gasteiger partial charge >= 0.3 is 0 Å². The molecule has 0 saturated carbocycles. The van der Waals surface area contributed by atoms with Gasteiger partial charge in [-0.25, -0.2) is 13.6 Å². The predicted molar refractivity (Wildman–Crippen MR) is 72.3 cm³/mol. The van der Waals surface area contributed by atoms with E-state index < -0.39 is 10.0 Å². The summed E-state index contributed by atoms with van der Waals surface area (Å²) in [5.74, 6) is 0.314. The third-order valence-corrected chi connectivity index (χ3v) is 4.41. The molecule has 8 heteroatoms. The molecule has 1 unspecified atom stereocenters. The van der Waals surface area contributed by atoms with Crippen LogP contribution in [0.4, 0.5) is 0 Å². The van der Waals surface area contributed by atoms with Gasteiger partial charge in [-0.1, -0.05) is 23.2 Å². The third-order valence-electron chi connectivity index (χ3n) is 2.74. The first-order valence-electron chi connectivity index (χ1n) is 5.64. The Kier molecular flexibility index (Phi) is 4.58. The summed E-state index contributed by atoms with van der Waals surface area (Å²) in [7, 11) is -3.90. The molecule has 19 heavy (non-hydrogen) atoms. The maximum Gasteiger partial charge on any atom is 0.239 e. The van der Waals surface area contributed by atoms with Crippen molar-refractivity contribution in [2.45, 2.75) is 23.8 Å². The first-order valence-corrected chi connectivity index (χ1v) is 7.94. The lowest BCUT2D eigenvalue weighted by Crippen LogP contribution is -2.17. The van der Waals surface area contributed by atoms with E-state index in [9.17, 15) is 8.42 Å². The number of rotatable bonds is 4. The van der Waals surface area contributed by atoms with Crippen LogP contribution in [0.2, 0.25) is 10.0 Å². The molecule has 2 rings (SSSR count). The fourth-order valence-electron chi connectivity index (χ4n) is 1.80. The third kappa shape index (κ3) is 3.73. The van der Waals surface area contributed by atoms with Gasteiger partial charge in [0.25, 0.3) is 0 Å². The summed E-state index contributed by atoms with van der Waals surface area (Å²) in [6.07, 6.45) is 1.97. The Labute approximate surface area is 121 Å². The molecule has 0 radical (unpaired) electrons. The molecule has 0 aliphatic carbocycles. The fraction of sp³-hybridized carbons (Fsp3) is 0.455. The second-order valence-corrected chi connectivity index (χ2v) is 6.55. The van der Waals surface area contributed by atoms with E-state index in [0.717, 1.165) is 19.4 Å². The van der Waals surface area contributed by atoms with Crippen molar-refractivity contribution >= 4 is 33.2 Å². The molecule has 1 aromatic carbocycles. The second-order valence-electron chi connectivity index (χ2n) is 4.20. The first kappa shape index (κ1) is 14.9. The highest BCUT2D eigenvalue weighted by atomic mass is 35.5. The van der Waals surface area contributed by atoms with Crippen LogP contribution in [-0.2, 0) is 14.8 Å². The highest BCUT2D eigenvalue weighted by molar-refractivity contribution is 7.89. The predicted octanol–water partition coefficient (Wildman–Crippen LogP) is 2.20. The number of benzene rings is 1.